The Labute approximate surface area is 169 Å². The molecule has 0 N–H and O–H groups in total. The minimum absolute atomic E-state index is 0.0662. The largest absolute Gasteiger partial charge is 0.309 e. The Hall–Kier alpha value is -1.51. The number of hydrogen-bond donors (Lipinski definition) is 0. The summed E-state index contributed by atoms with van der Waals surface area (Å²) in [6, 6.07) is 7.35. The average Bonchev–Trinajstić information content (AvgIpc) is 2.95. The lowest BCUT2D eigenvalue weighted by atomic mass is 9.84. The normalized spacial score (nSPS) is 12.6. The lowest BCUT2D eigenvalue weighted by Gasteiger charge is -2.22. The highest BCUT2D eigenvalue weighted by molar-refractivity contribution is 9.10. The van der Waals surface area contributed by atoms with Crippen LogP contribution in [0.3, 0.4) is 0 Å². The van der Waals surface area contributed by atoms with Crippen LogP contribution >= 0.6 is 15.9 Å². The molecule has 0 bridgehead atoms. The van der Waals surface area contributed by atoms with Crippen molar-refractivity contribution < 1.29 is 13.2 Å². The molecule has 1 heterocycles. The monoisotopic (exact) mass is 455 g/mol. The number of carbonyl (C=O) groups is 1. The summed E-state index contributed by atoms with van der Waals surface area (Å²) >= 11 is 3.40. The molecule has 0 fully saturated rings. The second kappa shape index (κ2) is 7.85. The summed E-state index contributed by atoms with van der Waals surface area (Å²) in [5.74, 6) is -0.456. The molecule has 0 saturated carbocycles. The van der Waals surface area contributed by atoms with Crippen LogP contribution < -0.4 is 0 Å². The summed E-state index contributed by atoms with van der Waals surface area (Å²) < 4.78 is 29.2. The molecule has 2 rings (SSSR count). The first kappa shape index (κ1) is 21.8. The SMILES string of the molecule is CCC(C)(C)Cc1nc(C(C)=O)n(S(=O)(=O)N(C)C)c1-c1ccc(Br)cc1. The fourth-order valence-electron chi connectivity index (χ4n) is 2.65. The van der Waals surface area contributed by atoms with E-state index >= 15 is 0 Å². The van der Waals surface area contributed by atoms with Gasteiger partial charge in [-0.1, -0.05) is 55.3 Å². The first-order chi connectivity index (χ1) is 12.4. The van der Waals surface area contributed by atoms with Gasteiger partial charge in [0.25, 0.3) is 0 Å². The van der Waals surface area contributed by atoms with Gasteiger partial charge in [-0.25, -0.2) is 8.96 Å². The van der Waals surface area contributed by atoms with Gasteiger partial charge < -0.3 is 0 Å². The zero-order chi connectivity index (χ0) is 20.6. The summed E-state index contributed by atoms with van der Waals surface area (Å²) in [5.41, 5.74) is 1.67. The number of ketones is 1. The molecule has 0 aliphatic rings. The number of benzene rings is 1. The van der Waals surface area contributed by atoms with E-state index in [2.05, 4.69) is 41.7 Å². The second-order valence-electron chi connectivity index (χ2n) is 7.54. The first-order valence-corrected chi connectivity index (χ1v) is 10.9. The highest BCUT2D eigenvalue weighted by Crippen LogP contribution is 2.34. The fraction of sp³-hybridized carbons (Fsp3) is 0.474. The van der Waals surface area contributed by atoms with Gasteiger partial charge in [-0.3, -0.25) is 4.79 Å². The lowest BCUT2D eigenvalue weighted by Crippen LogP contribution is -2.31. The maximum Gasteiger partial charge on any atom is 0.309 e. The van der Waals surface area contributed by atoms with Crippen LogP contribution in [0.5, 0.6) is 0 Å². The van der Waals surface area contributed by atoms with Crippen molar-refractivity contribution in [2.45, 2.75) is 40.5 Å². The number of imidazole rings is 1. The van der Waals surface area contributed by atoms with Crippen LogP contribution in [0, 0.1) is 5.41 Å². The van der Waals surface area contributed by atoms with Gasteiger partial charge in [0.1, 0.15) is 0 Å². The summed E-state index contributed by atoms with van der Waals surface area (Å²) in [6.07, 6.45) is 1.46. The van der Waals surface area contributed by atoms with Crippen molar-refractivity contribution in [3.05, 3.63) is 40.3 Å². The Bertz CT molecular complexity index is 945. The van der Waals surface area contributed by atoms with Crippen LogP contribution in [0.4, 0.5) is 0 Å². The van der Waals surface area contributed by atoms with Crippen molar-refractivity contribution in [3.63, 3.8) is 0 Å². The molecule has 2 aromatic rings. The van der Waals surface area contributed by atoms with Gasteiger partial charge in [0.2, 0.25) is 0 Å². The van der Waals surface area contributed by atoms with E-state index in [9.17, 15) is 13.2 Å². The summed E-state index contributed by atoms with van der Waals surface area (Å²) in [6.45, 7) is 7.62. The molecule has 8 heteroatoms. The fourth-order valence-corrected chi connectivity index (χ4v) is 4.07. The molecule has 0 aliphatic heterocycles. The van der Waals surface area contributed by atoms with Crippen molar-refractivity contribution in [1.29, 1.82) is 0 Å². The molecule has 0 amide bonds. The van der Waals surface area contributed by atoms with Crippen LogP contribution in [0.2, 0.25) is 0 Å². The maximum atomic E-state index is 13.1. The highest BCUT2D eigenvalue weighted by atomic mass is 79.9. The predicted octanol–water partition coefficient (Wildman–Crippen LogP) is 4.15. The van der Waals surface area contributed by atoms with Gasteiger partial charge in [0.15, 0.2) is 11.6 Å². The summed E-state index contributed by atoms with van der Waals surface area (Å²) in [5, 5.41) is 0. The van der Waals surface area contributed by atoms with Crippen molar-refractivity contribution >= 4 is 31.9 Å². The van der Waals surface area contributed by atoms with Gasteiger partial charge in [-0.2, -0.15) is 12.7 Å². The zero-order valence-electron chi connectivity index (χ0n) is 16.6. The number of Topliss-reactive ketones (excluding diaryl/α,β-unsaturated/α-hetero) is 1. The predicted molar refractivity (Wildman–Crippen MR) is 111 cm³/mol. The molecule has 0 aliphatic carbocycles. The first-order valence-electron chi connectivity index (χ1n) is 8.72. The number of halogens is 1. The van der Waals surface area contributed by atoms with E-state index in [0.29, 0.717) is 23.4 Å². The number of carbonyl (C=O) groups excluding carboxylic acids is 1. The topological polar surface area (TPSA) is 72.3 Å². The number of rotatable bonds is 7. The third kappa shape index (κ3) is 4.50. The minimum atomic E-state index is -3.93. The number of aromatic nitrogens is 2. The molecule has 0 atom stereocenters. The lowest BCUT2D eigenvalue weighted by molar-refractivity contribution is 0.100. The van der Waals surface area contributed by atoms with E-state index in [0.717, 1.165) is 19.2 Å². The van der Waals surface area contributed by atoms with Gasteiger partial charge in [-0.15, -0.1) is 0 Å². The van der Waals surface area contributed by atoms with E-state index in [-0.39, 0.29) is 17.0 Å². The minimum Gasteiger partial charge on any atom is -0.291 e. The molecule has 6 nitrogen and oxygen atoms in total. The van der Waals surface area contributed by atoms with Gasteiger partial charge in [0, 0.05) is 31.1 Å². The summed E-state index contributed by atoms with van der Waals surface area (Å²) in [4.78, 5) is 16.7. The molecule has 0 spiro atoms. The van der Waals surface area contributed by atoms with Gasteiger partial charge in [-0.05, 0) is 24.0 Å². The van der Waals surface area contributed by atoms with E-state index in [1.807, 2.05) is 24.3 Å². The molecule has 148 valence electrons. The molecule has 1 aromatic heterocycles. The zero-order valence-corrected chi connectivity index (χ0v) is 19.0. The van der Waals surface area contributed by atoms with Crippen molar-refractivity contribution in [2.75, 3.05) is 14.1 Å². The standard InChI is InChI=1S/C19H26BrN3O3S/c1-7-19(3,4)12-16-17(14-8-10-15(20)11-9-14)23(18(21-16)13(2)24)27(25,26)22(5)6/h8-11H,7,12H2,1-6H3. The Balaban J connectivity index is 2.89. The third-order valence-corrected chi connectivity index (χ3v) is 6.91. The molecule has 0 saturated heterocycles. The number of hydrogen-bond acceptors (Lipinski definition) is 4. The van der Waals surface area contributed by atoms with Crippen molar-refractivity contribution in [3.8, 4) is 11.3 Å². The quantitative estimate of drug-likeness (QED) is 0.587. The average molecular weight is 456 g/mol. The van der Waals surface area contributed by atoms with Crippen molar-refractivity contribution in [1.82, 2.24) is 13.3 Å². The Kier molecular flexibility index (Phi) is 6.33. The maximum absolute atomic E-state index is 13.1. The molecule has 27 heavy (non-hydrogen) atoms. The molecule has 0 unspecified atom stereocenters. The molecular formula is C19H26BrN3O3S. The molecule has 1 aromatic carbocycles. The van der Waals surface area contributed by atoms with Crippen molar-refractivity contribution in [2.24, 2.45) is 5.41 Å². The van der Waals surface area contributed by atoms with Crippen LogP contribution in [0.25, 0.3) is 11.3 Å². The summed E-state index contributed by atoms with van der Waals surface area (Å²) in [7, 11) is -1.04. The third-order valence-electron chi connectivity index (χ3n) is 4.64. The van der Waals surface area contributed by atoms with E-state index < -0.39 is 10.2 Å². The Morgan fingerprint density at radius 2 is 1.78 bits per heavy atom. The van der Waals surface area contributed by atoms with Crippen LogP contribution in [0.15, 0.2) is 28.7 Å². The highest BCUT2D eigenvalue weighted by Gasteiger charge is 2.32. The Morgan fingerprint density at radius 1 is 1.22 bits per heavy atom. The van der Waals surface area contributed by atoms with E-state index in [1.165, 1.54) is 21.0 Å². The Morgan fingerprint density at radius 3 is 2.22 bits per heavy atom. The van der Waals surface area contributed by atoms with E-state index in [1.54, 1.807) is 0 Å². The second-order valence-corrected chi connectivity index (χ2v) is 10.4. The van der Waals surface area contributed by atoms with Crippen LogP contribution in [-0.2, 0) is 16.6 Å². The molecular weight excluding hydrogens is 430 g/mol. The van der Waals surface area contributed by atoms with E-state index in [4.69, 9.17) is 0 Å². The van der Waals surface area contributed by atoms with Crippen LogP contribution in [0.1, 0.15) is 50.4 Å². The van der Waals surface area contributed by atoms with Gasteiger partial charge in [0.05, 0.1) is 11.4 Å². The smallest absolute Gasteiger partial charge is 0.291 e. The molecule has 0 radical (unpaired) electrons. The van der Waals surface area contributed by atoms with Gasteiger partial charge >= 0.3 is 10.2 Å². The number of nitrogens with zero attached hydrogens (tertiary/aromatic N) is 3. The van der Waals surface area contributed by atoms with Crippen LogP contribution in [-0.4, -0.2) is 41.6 Å².